The highest BCUT2D eigenvalue weighted by atomic mass is 16.5. The van der Waals surface area contributed by atoms with Gasteiger partial charge in [-0.2, -0.15) is 4.98 Å². The van der Waals surface area contributed by atoms with Crippen LogP contribution in [-0.4, -0.2) is 52.2 Å². The molecule has 2 aromatic heterocycles. The first-order valence-electron chi connectivity index (χ1n) is 11.8. The number of aromatic nitrogens is 4. The van der Waals surface area contributed by atoms with Crippen molar-refractivity contribution in [3.63, 3.8) is 0 Å². The topological polar surface area (TPSA) is 94.4 Å². The van der Waals surface area contributed by atoms with Crippen molar-refractivity contribution in [2.75, 3.05) is 25.7 Å². The van der Waals surface area contributed by atoms with Gasteiger partial charge >= 0.3 is 0 Å². The predicted molar refractivity (Wildman–Crippen MR) is 136 cm³/mol. The Kier molecular flexibility index (Phi) is 6.79. The molecule has 0 bridgehead atoms. The average Bonchev–Trinajstić information content (AvgIpc) is 3.47. The lowest BCUT2D eigenvalue weighted by atomic mass is 9.93. The molecule has 9 nitrogen and oxygen atoms in total. The minimum Gasteiger partial charge on any atom is -0.493 e. The maximum atomic E-state index is 13.5. The van der Waals surface area contributed by atoms with Gasteiger partial charge in [0.05, 0.1) is 14.2 Å². The predicted octanol–water partition coefficient (Wildman–Crippen LogP) is 2.97. The quantitative estimate of drug-likeness (QED) is 0.411. The van der Waals surface area contributed by atoms with E-state index in [1.54, 1.807) is 43.7 Å². The molecule has 1 amide bonds. The van der Waals surface area contributed by atoms with Crippen molar-refractivity contribution in [1.29, 1.82) is 0 Å². The Labute approximate surface area is 209 Å². The van der Waals surface area contributed by atoms with Crippen LogP contribution >= 0.6 is 0 Å². The van der Waals surface area contributed by atoms with Gasteiger partial charge in [0.1, 0.15) is 18.2 Å². The van der Waals surface area contributed by atoms with Crippen LogP contribution in [0.3, 0.4) is 0 Å². The van der Waals surface area contributed by atoms with E-state index in [1.165, 1.54) is 11.1 Å². The SMILES string of the molecule is COc1ccc(CCNC(=O)C2Cc3ccccc3CN2c2ccnc(-n3ccnc3)n2)cc1OC. The number of ether oxygens (including phenoxy) is 2. The second-order valence-electron chi connectivity index (χ2n) is 8.53. The van der Waals surface area contributed by atoms with Crippen molar-refractivity contribution in [3.8, 4) is 17.4 Å². The molecule has 1 aliphatic heterocycles. The summed E-state index contributed by atoms with van der Waals surface area (Å²) >= 11 is 0. The molecule has 0 saturated heterocycles. The third-order valence-electron chi connectivity index (χ3n) is 6.37. The van der Waals surface area contributed by atoms with Crippen molar-refractivity contribution in [1.82, 2.24) is 24.8 Å². The monoisotopic (exact) mass is 484 g/mol. The van der Waals surface area contributed by atoms with Gasteiger partial charge in [0, 0.05) is 38.1 Å². The van der Waals surface area contributed by atoms with Crippen LogP contribution in [0.2, 0.25) is 0 Å². The third-order valence-corrected chi connectivity index (χ3v) is 6.37. The second kappa shape index (κ2) is 10.5. The third kappa shape index (κ3) is 4.86. The van der Waals surface area contributed by atoms with Crippen molar-refractivity contribution >= 4 is 11.7 Å². The zero-order chi connectivity index (χ0) is 24.9. The lowest BCUT2D eigenvalue weighted by Gasteiger charge is -2.37. The summed E-state index contributed by atoms with van der Waals surface area (Å²) in [5.41, 5.74) is 3.42. The lowest BCUT2D eigenvalue weighted by molar-refractivity contribution is -0.122. The van der Waals surface area contributed by atoms with E-state index in [4.69, 9.17) is 14.5 Å². The fraction of sp³-hybridized carbons (Fsp3) is 0.259. The smallest absolute Gasteiger partial charge is 0.243 e. The van der Waals surface area contributed by atoms with E-state index in [0.717, 1.165) is 5.56 Å². The van der Waals surface area contributed by atoms with Crippen LogP contribution < -0.4 is 19.7 Å². The average molecular weight is 485 g/mol. The van der Waals surface area contributed by atoms with E-state index < -0.39 is 6.04 Å². The number of methoxy groups -OCH3 is 2. The summed E-state index contributed by atoms with van der Waals surface area (Å²) in [5.74, 6) is 2.53. The first-order chi connectivity index (χ1) is 17.7. The molecule has 1 N–H and O–H groups in total. The molecule has 9 heteroatoms. The molecule has 4 aromatic rings. The van der Waals surface area contributed by atoms with Crippen LogP contribution in [0.4, 0.5) is 5.82 Å². The number of rotatable bonds is 8. The van der Waals surface area contributed by atoms with Gasteiger partial charge in [-0.1, -0.05) is 30.3 Å². The minimum atomic E-state index is -0.393. The molecular formula is C27H28N6O3. The molecular weight excluding hydrogens is 456 g/mol. The number of fused-ring (bicyclic) bond motifs is 1. The number of carbonyl (C=O) groups is 1. The summed E-state index contributed by atoms with van der Waals surface area (Å²) in [7, 11) is 3.23. The molecule has 36 heavy (non-hydrogen) atoms. The lowest BCUT2D eigenvalue weighted by Crippen LogP contribution is -2.51. The van der Waals surface area contributed by atoms with Crippen molar-refractivity contribution in [2.24, 2.45) is 0 Å². The Morgan fingerprint density at radius 3 is 2.67 bits per heavy atom. The maximum absolute atomic E-state index is 13.5. The van der Waals surface area contributed by atoms with Gasteiger partial charge in [-0.05, 0) is 41.3 Å². The van der Waals surface area contributed by atoms with Crippen LogP contribution in [0.15, 0.2) is 73.4 Å². The Morgan fingerprint density at radius 2 is 1.89 bits per heavy atom. The molecule has 0 radical (unpaired) electrons. The summed E-state index contributed by atoms with van der Waals surface area (Å²) in [6.45, 7) is 1.09. The zero-order valence-electron chi connectivity index (χ0n) is 20.3. The van der Waals surface area contributed by atoms with Gasteiger partial charge in [0.2, 0.25) is 11.9 Å². The number of amides is 1. The van der Waals surface area contributed by atoms with Crippen molar-refractivity contribution < 1.29 is 14.3 Å². The van der Waals surface area contributed by atoms with Gasteiger partial charge in [-0.3, -0.25) is 9.36 Å². The molecule has 3 heterocycles. The Morgan fingerprint density at radius 1 is 1.06 bits per heavy atom. The van der Waals surface area contributed by atoms with Crippen LogP contribution in [0.1, 0.15) is 16.7 Å². The number of hydrogen-bond donors (Lipinski definition) is 1. The first-order valence-corrected chi connectivity index (χ1v) is 11.8. The molecule has 0 spiro atoms. The van der Waals surface area contributed by atoms with E-state index in [-0.39, 0.29) is 5.91 Å². The molecule has 0 fully saturated rings. The van der Waals surface area contributed by atoms with E-state index in [0.29, 0.717) is 49.2 Å². The van der Waals surface area contributed by atoms with Gasteiger partial charge < -0.3 is 19.7 Å². The van der Waals surface area contributed by atoms with Gasteiger partial charge in [0.15, 0.2) is 11.5 Å². The van der Waals surface area contributed by atoms with Crippen LogP contribution in [0.5, 0.6) is 11.5 Å². The molecule has 0 saturated carbocycles. The molecule has 1 unspecified atom stereocenters. The number of hydrogen-bond acceptors (Lipinski definition) is 7. The molecule has 1 atom stereocenters. The second-order valence-corrected chi connectivity index (χ2v) is 8.53. The van der Waals surface area contributed by atoms with E-state index in [9.17, 15) is 4.79 Å². The number of nitrogens with zero attached hydrogens (tertiary/aromatic N) is 5. The number of anilines is 1. The summed E-state index contributed by atoms with van der Waals surface area (Å²) in [6.07, 6.45) is 8.12. The number of carbonyl (C=O) groups excluding carboxylic acids is 1. The van der Waals surface area contributed by atoms with Gasteiger partial charge in [0.25, 0.3) is 0 Å². The van der Waals surface area contributed by atoms with Crippen molar-refractivity contribution in [3.05, 3.63) is 90.1 Å². The van der Waals surface area contributed by atoms with Crippen molar-refractivity contribution in [2.45, 2.75) is 25.4 Å². The highest BCUT2D eigenvalue weighted by Crippen LogP contribution is 2.29. The summed E-state index contributed by atoms with van der Waals surface area (Å²) < 4.78 is 12.5. The molecule has 2 aromatic carbocycles. The maximum Gasteiger partial charge on any atom is 0.243 e. The normalized spacial score (nSPS) is 14.7. The highest BCUT2D eigenvalue weighted by molar-refractivity contribution is 5.86. The Hall–Kier alpha value is -4.40. The zero-order valence-corrected chi connectivity index (χ0v) is 20.3. The largest absolute Gasteiger partial charge is 0.493 e. The fourth-order valence-corrected chi connectivity index (χ4v) is 4.48. The highest BCUT2D eigenvalue weighted by Gasteiger charge is 2.32. The summed E-state index contributed by atoms with van der Waals surface area (Å²) in [6, 6.07) is 15.5. The fourth-order valence-electron chi connectivity index (χ4n) is 4.48. The molecule has 1 aliphatic rings. The van der Waals surface area contributed by atoms with Crippen LogP contribution in [0.25, 0.3) is 5.95 Å². The Balaban J connectivity index is 1.34. The molecule has 184 valence electrons. The number of benzene rings is 2. The van der Waals surface area contributed by atoms with Crippen LogP contribution in [-0.2, 0) is 24.2 Å². The van der Waals surface area contributed by atoms with Gasteiger partial charge in [-0.15, -0.1) is 0 Å². The number of nitrogens with one attached hydrogen (secondary N) is 1. The standard InChI is InChI=1S/C27H28N6O3/c1-35-23-8-7-19(15-24(23)36-2)9-11-29-26(34)22-16-20-5-3-4-6-21(20)17-33(22)25-10-12-30-27(31-25)32-14-13-28-18-32/h3-8,10,12-15,18,22H,9,11,16-17H2,1-2H3,(H,29,34). The van der Waals surface area contributed by atoms with E-state index in [1.807, 2.05) is 36.4 Å². The summed E-state index contributed by atoms with van der Waals surface area (Å²) in [4.78, 5) is 28.7. The Bertz CT molecular complexity index is 1340. The summed E-state index contributed by atoms with van der Waals surface area (Å²) in [5, 5.41) is 3.13. The molecule has 5 rings (SSSR count). The van der Waals surface area contributed by atoms with Gasteiger partial charge in [-0.25, -0.2) is 9.97 Å². The van der Waals surface area contributed by atoms with E-state index >= 15 is 0 Å². The number of imidazole rings is 1. The minimum absolute atomic E-state index is 0.0345. The van der Waals surface area contributed by atoms with E-state index in [2.05, 4.69) is 32.3 Å². The molecule has 0 aliphatic carbocycles. The first kappa shape index (κ1) is 23.3. The van der Waals surface area contributed by atoms with Crippen LogP contribution in [0, 0.1) is 0 Å².